The maximum absolute atomic E-state index is 11.8. The Bertz CT molecular complexity index is 733. The zero-order valence-corrected chi connectivity index (χ0v) is 13.8. The zero-order valence-electron chi connectivity index (χ0n) is 13.1. The number of likely N-dealkylation sites (N-methyl/N-ethyl adjacent to an activating group) is 1. The van der Waals surface area contributed by atoms with Crippen molar-refractivity contribution in [2.75, 3.05) is 32.7 Å². The Morgan fingerprint density at radius 2 is 1.82 bits per heavy atom. The van der Waals surface area contributed by atoms with Crippen LogP contribution in [-0.4, -0.2) is 42.5 Å². The van der Waals surface area contributed by atoms with E-state index in [1.807, 2.05) is 19.1 Å². The molecule has 1 aliphatic heterocycles. The minimum absolute atomic E-state index is 0.295. The van der Waals surface area contributed by atoms with Gasteiger partial charge in [-0.25, -0.2) is 4.79 Å². The number of fused-ring (bicyclic) bond motifs is 1. The van der Waals surface area contributed by atoms with Gasteiger partial charge in [-0.1, -0.05) is 18.5 Å². The van der Waals surface area contributed by atoms with Crippen LogP contribution in [0.25, 0.3) is 11.0 Å². The Balaban J connectivity index is 1.90. The van der Waals surface area contributed by atoms with Gasteiger partial charge in [-0.15, -0.1) is 0 Å². The van der Waals surface area contributed by atoms with Crippen molar-refractivity contribution < 1.29 is 4.42 Å². The molecule has 0 atom stereocenters. The van der Waals surface area contributed by atoms with E-state index in [4.69, 9.17) is 16.0 Å². The fourth-order valence-corrected chi connectivity index (χ4v) is 3.15. The van der Waals surface area contributed by atoms with E-state index in [0.29, 0.717) is 10.6 Å². The normalized spacial score (nSPS) is 17.2. The van der Waals surface area contributed by atoms with Gasteiger partial charge < -0.3 is 9.32 Å². The smallest absolute Gasteiger partial charge is 0.336 e. The molecule has 0 saturated carbocycles. The summed E-state index contributed by atoms with van der Waals surface area (Å²) in [5.41, 5.74) is 2.25. The number of nitrogens with zero attached hydrogens (tertiary/aromatic N) is 2. The highest BCUT2D eigenvalue weighted by Crippen LogP contribution is 2.26. The molecule has 118 valence electrons. The van der Waals surface area contributed by atoms with Gasteiger partial charge in [0.2, 0.25) is 0 Å². The van der Waals surface area contributed by atoms with Crippen LogP contribution in [0.4, 0.5) is 0 Å². The SMILES string of the molecule is CCN1CCN(Cc2cc(=O)oc3cc(C)c(Cl)cc23)CC1. The summed E-state index contributed by atoms with van der Waals surface area (Å²) >= 11 is 6.24. The van der Waals surface area contributed by atoms with Gasteiger partial charge in [-0.05, 0) is 36.7 Å². The molecule has 1 aromatic carbocycles. The van der Waals surface area contributed by atoms with Crippen LogP contribution < -0.4 is 5.63 Å². The molecule has 5 heteroatoms. The summed E-state index contributed by atoms with van der Waals surface area (Å²) in [5, 5.41) is 1.64. The van der Waals surface area contributed by atoms with Gasteiger partial charge in [0, 0.05) is 49.2 Å². The molecule has 0 spiro atoms. The third-order valence-electron chi connectivity index (χ3n) is 4.42. The third kappa shape index (κ3) is 3.19. The second kappa shape index (κ2) is 6.41. The van der Waals surface area contributed by atoms with Crippen LogP contribution in [0.3, 0.4) is 0 Å². The van der Waals surface area contributed by atoms with Crippen molar-refractivity contribution in [2.24, 2.45) is 0 Å². The van der Waals surface area contributed by atoms with Crippen molar-refractivity contribution in [3.8, 4) is 0 Å². The predicted octanol–water partition coefficient (Wildman–Crippen LogP) is 2.89. The first-order valence-electron chi connectivity index (χ1n) is 7.74. The van der Waals surface area contributed by atoms with Crippen molar-refractivity contribution >= 4 is 22.6 Å². The van der Waals surface area contributed by atoms with Gasteiger partial charge in [0.05, 0.1) is 0 Å². The third-order valence-corrected chi connectivity index (χ3v) is 4.82. The van der Waals surface area contributed by atoms with Gasteiger partial charge in [0.25, 0.3) is 0 Å². The van der Waals surface area contributed by atoms with Crippen LogP contribution in [0.1, 0.15) is 18.1 Å². The average Bonchev–Trinajstić information content (AvgIpc) is 2.50. The number of halogens is 1. The number of piperazine rings is 1. The van der Waals surface area contributed by atoms with Crippen molar-refractivity contribution in [1.82, 2.24) is 9.80 Å². The van der Waals surface area contributed by atoms with Crippen molar-refractivity contribution in [3.05, 3.63) is 44.8 Å². The first kappa shape index (κ1) is 15.5. The highest BCUT2D eigenvalue weighted by atomic mass is 35.5. The minimum atomic E-state index is -0.295. The lowest BCUT2D eigenvalue weighted by Crippen LogP contribution is -2.45. The Labute approximate surface area is 135 Å². The maximum Gasteiger partial charge on any atom is 0.336 e. The van der Waals surface area contributed by atoms with Crippen LogP contribution in [0.15, 0.2) is 27.4 Å². The summed E-state index contributed by atoms with van der Waals surface area (Å²) in [6.45, 7) is 10.2. The fourth-order valence-electron chi connectivity index (χ4n) is 2.98. The molecule has 2 heterocycles. The highest BCUT2D eigenvalue weighted by molar-refractivity contribution is 6.32. The van der Waals surface area contributed by atoms with Gasteiger partial charge in [-0.3, -0.25) is 4.90 Å². The number of hydrogen-bond acceptors (Lipinski definition) is 4. The minimum Gasteiger partial charge on any atom is -0.423 e. The molecular weight excluding hydrogens is 300 g/mol. The lowest BCUT2D eigenvalue weighted by molar-refractivity contribution is 0.132. The lowest BCUT2D eigenvalue weighted by Gasteiger charge is -2.34. The molecule has 0 amide bonds. The molecule has 1 saturated heterocycles. The molecule has 4 nitrogen and oxygen atoms in total. The summed E-state index contributed by atoms with van der Waals surface area (Å²) in [6, 6.07) is 5.35. The molecule has 0 unspecified atom stereocenters. The van der Waals surface area contributed by atoms with E-state index >= 15 is 0 Å². The molecule has 0 bridgehead atoms. The van der Waals surface area contributed by atoms with E-state index < -0.39 is 0 Å². The molecule has 1 aromatic heterocycles. The van der Waals surface area contributed by atoms with Crippen molar-refractivity contribution in [2.45, 2.75) is 20.4 Å². The molecule has 3 rings (SSSR count). The summed E-state index contributed by atoms with van der Waals surface area (Å²) in [5.74, 6) is 0. The molecule has 2 aromatic rings. The van der Waals surface area contributed by atoms with E-state index in [9.17, 15) is 4.79 Å². The summed E-state index contributed by atoms with van der Waals surface area (Å²) in [6.07, 6.45) is 0. The van der Waals surface area contributed by atoms with Crippen LogP contribution in [0, 0.1) is 6.92 Å². The van der Waals surface area contributed by atoms with Crippen LogP contribution in [0.2, 0.25) is 5.02 Å². The lowest BCUT2D eigenvalue weighted by atomic mass is 10.1. The maximum atomic E-state index is 11.8. The van der Waals surface area contributed by atoms with E-state index in [1.165, 1.54) is 0 Å². The molecule has 1 aliphatic rings. The summed E-state index contributed by atoms with van der Waals surface area (Å²) in [7, 11) is 0. The Morgan fingerprint density at radius 3 is 2.50 bits per heavy atom. The van der Waals surface area contributed by atoms with Crippen LogP contribution in [0.5, 0.6) is 0 Å². The number of hydrogen-bond donors (Lipinski definition) is 0. The summed E-state index contributed by atoms with van der Waals surface area (Å²) < 4.78 is 5.32. The Kier molecular flexibility index (Phi) is 4.52. The number of benzene rings is 1. The van der Waals surface area contributed by atoms with Crippen molar-refractivity contribution in [1.29, 1.82) is 0 Å². The first-order chi connectivity index (χ1) is 10.6. The molecule has 0 radical (unpaired) electrons. The quantitative estimate of drug-likeness (QED) is 0.815. The highest BCUT2D eigenvalue weighted by Gasteiger charge is 2.17. The van der Waals surface area contributed by atoms with E-state index in [0.717, 1.165) is 55.8 Å². The Hall–Kier alpha value is -1.36. The molecule has 22 heavy (non-hydrogen) atoms. The molecular formula is C17H21ClN2O2. The monoisotopic (exact) mass is 320 g/mol. The standard InChI is InChI=1S/C17H21ClN2O2/c1-3-19-4-6-20(7-5-19)11-13-9-17(21)22-16-8-12(2)15(18)10-14(13)16/h8-10H,3-7,11H2,1-2H3. The average molecular weight is 321 g/mol. The van der Waals surface area contributed by atoms with Gasteiger partial charge in [0.15, 0.2) is 0 Å². The van der Waals surface area contributed by atoms with Gasteiger partial charge in [0.1, 0.15) is 5.58 Å². The number of aryl methyl sites for hydroxylation is 1. The Morgan fingerprint density at radius 1 is 1.14 bits per heavy atom. The first-order valence-corrected chi connectivity index (χ1v) is 8.12. The van der Waals surface area contributed by atoms with Gasteiger partial charge in [-0.2, -0.15) is 0 Å². The van der Waals surface area contributed by atoms with E-state index in [1.54, 1.807) is 6.07 Å². The second-order valence-electron chi connectivity index (χ2n) is 5.90. The summed E-state index contributed by atoms with van der Waals surface area (Å²) in [4.78, 5) is 16.6. The second-order valence-corrected chi connectivity index (χ2v) is 6.31. The van der Waals surface area contributed by atoms with E-state index in [-0.39, 0.29) is 5.63 Å². The number of rotatable bonds is 3. The van der Waals surface area contributed by atoms with Crippen LogP contribution >= 0.6 is 11.6 Å². The van der Waals surface area contributed by atoms with Gasteiger partial charge >= 0.3 is 5.63 Å². The topological polar surface area (TPSA) is 36.7 Å². The van der Waals surface area contributed by atoms with E-state index in [2.05, 4.69) is 16.7 Å². The van der Waals surface area contributed by atoms with Crippen LogP contribution in [-0.2, 0) is 6.54 Å². The largest absolute Gasteiger partial charge is 0.423 e. The molecule has 0 aliphatic carbocycles. The molecule has 1 fully saturated rings. The fraction of sp³-hybridized carbons (Fsp3) is 0.471. The molecule has 0 N–H and O–H groups in total. The predicted molar refractivity (Wildman–Crippen MR) is 89.6 cm³/mol. The zero-order chi connectivity index (χ0) is 15.7. The van der Waals surface area contributed by atoms with Crippen molar-refractivity contribution in [3.63, 3.8) is 0 Å².